The smallest absolute Gasteiger partial charge is 0.243 e. The molecule has 1 saturated heterocycles. The van der Waals surface area contributed by atoms with E-state index < -0.39 is 10.0 Å². The van der Waals surface area contributed by atoms with Gasteiger partial charge in [0.1, 0.15) is 5.75 Å². The summed E-state index contributed by atoms with van der Waals surface area (Å²) in [5.41, 5.74) is 2.96. The molecule has 1 aliphatic rings. The van der Waals surface area contributed by atoms with Crippen molar-refractivity contribution in [2.75, 3.05) is 19.7 Å². The van der Waals surface area contributed by atoms with Crippen molar-refractivity contribution in [2.45, 2.75) is 45.1 Å². The number of benzene rings is 2. The van der Waals surface area contributed by atoms with Crippen LogP contribution in [-0.4, -0.2) is 38.3 Å². The third kappa shape index (κ3) is 5.21. The first-order chi connectivity index (χ1) is 14.3. The van der Waals surface area contributed by atoms with Crippen LogP contribution in [0.1, 0.15) is 36.5 Å². The second kappa shape index (κ2) is 9.62. The van der Waals surface area contributed by atoms with Gasteiger partial charge in [-0.2, -0.15) is 4.31 Å². The average molecular weight is 431 g/mol. The number of hydrogen-bond donors (Lipinski definition) is 1. The topological polar surface area (TPSA) is 75.7 Å². The molecule has 3 rings (SSSR count). The second-order valence-electron chi connectivity index (χ2n) is 7.77. The quantitative estimate of drug-likeness (QED) is 0.730. The molecule has 1 N–H and O–H groups in total. The summed E-state index contributed by atoms with van der Waals surface area (Å²) in [5, 5.41) is 2.96. The van der Waals surface area contributed by atoms with Crippen molar-refractivity contribution in [1.29, 1.82) is 0 Å². The molecule has 1 aliphatic heterocycles. The van der Waals surface area contributed by atoms with Gasteiger partial charge in [0, 0.05) is 19.6 Å². The largest absolute Gasteiger partial charge is 0.494 e. The van der Waals surface area contributed by atoms with Gasteiger partial charge in [-0.05, 0) is 62.9 Å². The molecule has 1 heterocycles. The third-order valence-corrected chi connectivity index (χ3v) is 7.25. The lowest BCUT2D eigenvalue weighted by Gasteiger charge is -2.31. The lowest BCUT2D eigenvalue weighted by atomic mass is 9.98. The summed E-state index contributed by atoms with van der Waals surface area (Å²) in [6.07, 6.45) is 1.35. The van der Waals surface area contributed by atoms with Gasteiger partial charge in [0.05, 0.1) is 17.4 Å². The first-order valence-electron chi connectivity index (χ1n) is 10.4. The SMILES string of the molecule is CCOc1ccc(S(=O)(=O)N2CCC[C@@H](C(=O)NCc3cccc(C)c3)C2)cc1C. The van der Waals surface area contributed by atoms with Gasteiger partial charge in [0.2, 0.25) is 15.9 Å². The minimum Gasteiger partial charge on any atom is -0.494 e. The van der Waals surface area contributed by atoms with Crippen LogP contribution in [0.15, 0.2) is 47.4 Å². The first kappa shape index (κ1) is 22.3. The molecular weight excluding hydrogens is 400 g/mol. The van der Waals surface area contributed by atoms with Crippen molar-refractivity contribution < 1.29 is 17.9 Å². The summed E-state index contributed by atoms with van der Waals surface area (Å²) < 4.78 is 33.2. The van der Waals surface area contributed by atoms with Crippen LogP contribution in [0, 0.1) is 19.8 Å². The van der Waals surface area contributed by atoms with E-state index in [-0.39, 0.29) is 23.3 Å². The maximum absolute atomic E-state index is 13.1. The number of piperidine rings is 1. The Morgan fingerprint density at radius 2 is 2.00 bits per heavy atom. The number of ether oxygens (including phenoxy) is 1. The molecule has 0 spiro atoms. The lowest BCUT2D eigenvalue weighted by molar-refractivity contribution is -0.126. The first-order valence-corrected chi connectivity index (χ1v) is 11.8. The number of carbonyl (C=O) groups is 1. The zero-order valence-corrected chi connectivity index (χ0v) is 18.7. The van der Waals surface area contributed by atoms with Crippen LogP contribution in [0.5, 0.6) is 5.75 Å². The molecule has 0 radical (unpaired) electrons. The summed E-state index contributed by atoms with van der Waals surface area (Å²) in [6, 6.07) is 12.9. The molecule has 2 aromatic carbocycles. The van der Waals surface area contributed by atoms with E-state index in [2.05, 4.69) is 5.32 Å². The number of aryl methyl sites for hydroxylation is 2. The molecule has 1 fully saturated rings. The maximum atomic E-state index is 13.1. The molecule has 30 heavy (non-hydrogen) atoms. The maximum Gasteiger partial charge on any atom is 0.243 e. The standard InChI is InChI=1S/C23H30N2O4S/c1-4-29-22-11-10-21(14-18(22)3)30(27,28)25-12-6-9-20(16-25)23(26)24-15-19-8-5-7-17(2)13-19/h5,7-8,10-11,13-14,20H,4,6,9,12,15-16H2,1-3H3,(H,24,26)/t20-/m1/s1. The molecule has 0 aliphatic carbocycles. The summed E-state index contributed by atoms with van der Waals surface area (Å²) in [5.74, 6) is 0.241. The van der Waals surface area contributed by atoms with Gasteiger partial charge in [0.15, 0.2) is 0 Å². The number of amides is 1. The van der Waals surface area contributed by atoms with Crippen LogP contribution in [0.4, 0.5) is 0 Å². The highest BCUT2D eigenvalue weighted by molar-refractivity contribution is 7.89. The number of hydrogen-bond acceptors (Lipinski definition) is 4. The van der Waals surface area contributed by atoms with E-state index in [1.165, 1.54) is 4.31 Å². The Balaban J connectivity index is 1.67. The van der Waals surface area contributed by atoms with E-state index >= 15 is 0 Å². The number of nitrogens with zero attached hydrogens (tertiary/aromatic N) is 1. The predicted molar refractivity (Wildman–Crippen MR) is 117 cm³/mol. The molecule has 1 amide bonds. The van der Waals surface area contributed by atoms with E-state index in [1.54, 1.807) is 18.2 Å². The highest BCUT2D eigenvalue weighted by Gasteiger charge is 2.33. The predicted octanol–water partition coefficient (Wildman–Crippen LogP) is 3.42. The molecule has 0 bridgehead atoms. The average Bonchev–Trinajstić information content (AvgIpc) is 2.73. The fourth-order valence-electron chi connectivity index (χ4n) is 3.78. The second-order valence-corrected chi connectivity index (χ2v) is 9.71. The van der Waals surface area contributed by atoms with E-state index in [4.69, 9.17) is 4.74 Å². The van der Waals surface area contributed by atoms with Gasteiger partial charge in [-0.15, -0.1) is 0 Å². The summed E-state index contributed by atoms with van der Waals surface area (Å²) in [6.45, 7) is 7.34. The molecule has 6 nitrogen and oxygen atoms in total. The zero-order chi connectivity index (χ0) is 21.7. The van der Waals surface area contributed by atoms with Crippen LogP contribution in [0.3, 0.4) is 0 Å². The molecule has 7 heteroatoms. The summed E-state index contributed by atoms with van der Waals surface area (Å²) >= 11 is 0. The Hall–Kier alpha value is -2.38. The molecular formula is C23H30N2O4S. The highest BCUT2D eigenvalue weighted by atomic mass is 32.2. The Kier molecular flexibility index (Phi) is 7.15. The number of nitrogens with one attached hydrogen (secondary N) is 1. The van der Waals surface area contributed by atoms with Crippen LogP contribution < -0.4 is 10.1 Å². The Bertz CT molecular complexity index is 1000. The summed E-state index contributed by atoms with van der Waals surface area (Å²) in [7, 11) is -3.66. The fourth-order valence-corrected chi connectivity index (χ4v) is 5.39. The normalized spacial score (nSPS) is 17.5. The van der Waals surface area contributed by atoms with Gasteiger partial charge < -0.3 is 10.1 Å². The molecule has 0 unspecified atom stereocenters. The monoisotopic (exact) mass is 430 g/mol. The highest BCUT2D eigenvalue weighted by Crippen LogP contribution is 2.27. The van der Waals surface area contributed by atoms with Gasteiger partial charge in [-0.1, -0.05) is 29.8 Å². The van der Waals surface area contributed by atoms with Crippen molar-refractivity contribution in [1.82, 2.24) is 9.62 Å². The lowest BCUT2D eigenvalue weighted by Crippen LogP contribution is -2.45. The fraction of sp³-hybridized carbons (Fsp3) is 0.435. The van der Waals surface area contributed by atoms with Gasteiger partial charge in [-0.25, -0.2) is 8.42 Å². The van der Waals surface area contributed by atoms with Crippen LogP contribution in [0.2, 0.25) is 0 Å². The van der Waals surface area contributed by atoms with Crippen molar-refractivity contribution in [3.05, 3.63) is 59.2 Å². The minimum atomic E-state index is -3.66. The number of carbonyl (C=O) groups excluding carboxylic acids is 1. The van der Waals surface area contributed by atoms with Crippen LogP contribution >= 0.6 is 0 Å². The van der Waals surface area contributed by atoms with E-state index in [1.807, 2.05) is 45.0 Å². The van der Waals surface area contributed by atoms with Crippen molar-refractivity contribution >= 4 is 15.9 Å². The summed E-state index contributed by atoms with van der Waals surface area (Å²) in [4.78, 5) is 12.9. The van der Waals surface area contributed by atoms with Crippen LogP contribution in [-0.2, 0) is 21.4 Å². The van der Waals surface area contributed by atoms with Gasteiger partial charge in [0.25, 0.3) is 0 Å². The number of sulfonamides is 1. The van der Waals surface area contributed by atoms with E-state index in [0.29, 0.717) is 38.3 Å². The number of rotatable bonds is 7. The van der Waals surface area contributed by atoms with Crippen molar-refractivity contribution in [2.24, 2.45) is 5.92 Å². The van der Waals surface area contributed by atoms with Crippen molar-refractivity contribution in [3.8, 4) is 5.75 Å². The van der Waals surface area contributed by atoms with Crippen molar-refractivity contribution in [3.63, 3.8) is 0 Å². The minimum absolute atomic E-state index is 0.0979. The van der Waals surface area contributed by atoms with Crippen LogP contribution in [0.25, 0.3) is 0 Å². The van der Waals surface area contributed by atoms with E-state index in [9.17, 15) is 13.2 Å². The molecule has 1 atom stereocenters. The van der Waals surface area contributed by atoms with Gasteiger partial charge in [-0.3, -0.25) is 4.79 Å². The molecule has 0 saturated carbocycles. The Morgan fingerprint density at radius 3 is 2.70 bits per heavy atom. The molecule has 162 valence electrons. The molecule has 2 aromatic rings. The van der Waals surface area contributed by atoms with E-state index in [0.717, 1.165) is 16.7 Å². The Morgan fingerprint density at radius 1 is 1.20 bits per heavy atom. The zero-order valence-electron chi connectivity index (χ0n) is 17.8. The third-order valence-electron chi connectivity index (χ3n) is 5.39. The Labute approximate surface area is 179 Å². The van der Waals surface area contributed by atoms with Gasteiger partial charge >= 0.3 is 0 Å². The molecule has 0 aromatic heterocycles.